The van der Waals surface area contributed by atoms with Crippen LogP contribution in [0.3, 0.4) is 0 Å². The lowest BCUT2D eigenvalue weighted by molar-refractivity contribution is 0.190. The van der Waals surface area contributed by atoms with Gasteiger partial charge in [0.25, 0.3) is 11.6 Å². The van der Waals surface area contributed by atoms with E-state index in [-0.39, 0.29) is 24.4 Å². The minimum atomic E-state index is 0. The molecular weight excluding hydrogens is 380 g/mol. The number of nitrogens with one attached hydrogen (secondary N) is 1. The Hall–Kier alpha value is -2.03. The number of hydrogen-bond acceptors (Lipinski definition) is 8. The van der Waals surface area contributed by atoms with Gasteiger partial charge in [-0.25, -0.2) is 4.98 Å². The van der Waals surface area contributed by atoms with Crippen molar-refractivity contribution in [3.63, 3.8) is 0 Å². The quantitative estimate of drug-likeness (QED) is 0.708. The van der Waals surface area contributed by atoms with Gasteiger partial charge in [0.15, 0.2) is 5.82 Å². The van der Waals surface area contributed by atoms with Crippen molar-refractivity contribution in [2.45, 2.75) is 44.6 Å². The first-order chi connectivity index (χ1) is 13.1. The summed E-state index contributed by atoms with van der Waals surface area (Å²) in [5, 5.41) is 12.8. The Morgan fingerprint density at radius 2 is 2.00 bits per heavy atom. The first-order valence-corrected chi connectivity index (χ1v) is 9.67. The van der Waals surface area contributed by atoms with Gasteiger partial charge in [-0.2, -0.15) is 4.98 Å². The fourth-order valence-electron chi connectivity index (χ4n) is 3.72. The summed E-state index contributed by atoms with van der Waals surface area (Å²) in [6.07, 6.45) is 2.33. The Morgan fingerprint density at radius 3 is 2.71 bits per heavy atom. The molecule has 5 rings (SSSR count). The second-order valence-electron chi connectivity index (χ2n) is 7.93. The standard InChI is InChI=1S/C19H24N6O2.ClH/c1-10(2)16-15-12(8-13(11-4-5-11)21-19(15)27-23-16)18-22-17(24-26-18)14-9-20-6-7-25(14)3;/h8,10-11,14,20H,4-7,9H2,1-3H3;1H. The number of rotatable bonds is 4. The van der Waals surface area contributed by atoms with Gasteiger partial charge in [0.05, 0.1) is 22.7 Å². The van der Waals surface area contributed by atoms with Gasteiger partial charge in [0.1, 0.15) is 0 Å². The van der Waals surface area contributed by atoms with Gasteiger partial charge in [-0.3, -0.25) is 4.90 Å². The molecule has 8 nitrogen and oxygen atoms in total. The average molecular weight is 405 g/mol. The molecular formula is C19H25ClN6O2. The highest BCUT2D eigenvalue weighted by atomic mass is 35.5. The molecule has 9 heteroatoms. The Bertz CT molecular complexity index is 980. The summed E-state index contributed by atoms with van der Waals surface area (Å²) in [6, 6.07) is 2.20. The molecule has 1 saturated carbocycles. The summed E-state index contributed by atoms with van der Waals surface area (Å²) in [7, 11) is 2.09. The number of likely N-dealkylation sites (N-methyl/N-ethyl adjacent to an activating group) is 1. The lowest BCUT2D eigenvalue weighted by Gasteiger charge is -2.30. The van der Waals surface area contributed by atoms with Crippen molar-refractivity contribution >= 4 is 23.5 Å². The van der Waals surface area contributed by atoms with Crippen molar-refractivity contribution < 1.29 is 9.05 Å². The molecule has 28 heavy (non-hydrogen) atoms. The van der Waals surface area contributed by atoms with Crippen molar-refractivity contribution in [2.75, 3.05) is 26.7 Å². The van der Waals surface area contributed by atoms with Crippen LogP contribution in [0.2, 0.25) is 0 Å². The van der Waals surface area contributed by atoms with Gasteiger partial charge in [0, 0.05) is 31.2 Å². The molecule has 1 N–H and O–H groups in total. The molecule has 2 fully saturated rings. The van der Waals surface area contributed by atoms with Crippen molar-refractivity contribution in [3.05, 3.63) is 23.3 Å². The third-order valence-electron chi connectivity index (χ3n) is 5.52. The van der Waals surface area contributed by atoms with Crippen LogP contribution in [-0.4, -0.2) is 51.9 Å². The van der Waals surface area contributed by atoms with Crippen molar-refractivity contribution in [3.8, 4) is 11.5 Å². The molecule has 1 unspecified atom stereocenters. The number of fused-ring (bicyclic) bond motifs is 1. The lowest BCUT2D eigenvalue weighted by atomic mass is 10.0. The van der Waals surface area contributed by atoms with E-state index >= 15 is 0 Å². The summed E-state index contributed by atoms with van der Waals surface area (Å²) in [4.78, 5) is 11.7. The highest BCUT2D eigenvalue weighted by Gasteiger charge is 2.31. The van der Waals surface area contributed by atoms with E-state index in [4.69, 9.17) is 19.0 Å². The van der Waals surface area contributed by atoms with Gasteiger partial charge in [0.2, 0.25) is 0 Å². The van der Waals surface area contributed by atoms with Crippen LogP contribution in [0.15, 0.2) is 15.1 Å². The molecule has 1 atom stereocenters. The summed E-state index contributed by atoms with van der Waals surface area (Å²) in [5.74, 6) is 1.94. The van der Waals surface area contributed by atoms with E-state index in [1.165, 1.54) is 0 Å². The lowest BCUT2D eigenvalue weighted by Crippen LogP contribution is -2.44. The maximum absolute atomic E-state index is 5.71. The predicted molar refractivity (Wildman–Crippen MR) is 107 cm³/mol. The second kappa shape index (κ2) is 7.42. The van der Waals surface area contributed by atoms with Crippen LogP contribution >= 0.6 is 12.4 Å². The maximum Gasteiger partial charge on any atom is 0.259 e. The van der Waals surface area contributed by atoms with E-state index in [0.717, 1.165) is 54.8 Å². The van der Waals surface area contributed by atoms with E-state index in [2.05, 4.69) is 47.5 Å². The zero-order valence-electron chi connectivity index (χ0n) is 16.3. The van der Waals surface area contributed by atoms with Gasteiger partial charge in [-0.1, -0.05) is 24.2 Å². The summed E-state index contributed by atoms with van der Waals surface area (Å²) in [6.45, 7) is 6.95. The largest absolute Gasteiger partial charge is 0.335 e. The Balaban J connectivity index is 0.00000192. The number of aromatic nitrogens is 4. The summed E-state index contributed by atoms with van der Waals surface area (Å²) < 4.78 is 11.3. The number of hydrogen-bond donors (Lipinski definition) is 1. The molecule has 0 radical (unpaired) electrons. The molecule has 1 aliphatic heterocycles. The summed E-state index contributed by atoms with van der Waals surface area (Å²) in [5.41, 5.74) is 3.36. The number of piperazine rings is 1. The molecule has 4 heterocycles. The Kier molecular flexibility index (Phi) is 5.11. The number of pyridine rings is 1. The zero-order valence-corrected chi connectivity index (χ0v) is 17.1. The summed E-state index contributed by atoms with van der Waals surface area (Å²) >= 11 is 0. The van der Waals surface area contributed by atoms with Crippen LogP contribution in [0.25, 0.3) is 22.6 Å². The molecule has 150 valence electrons. The third-order valence-corrected chi connectivity index (χ3v) is 5.52. The monoisotopic (exact) mass is 404 g/mol. The van der Waals surface area contributed by atoms with Crippen molar-refractivity contribution in [1.29, 1.82) is 0 Å². The van der Waals surface area contributed by atoms with E-state index in [1.54, 1.807) is 0 Å². The molecule has 3 aromatic heterocycles. The topological polar surface area (TPSA) is 93.1 Å². The minimum Gasteiger partial charge on any atom is -0.335 e. The van der Waals surface area contributed by atoms with Crippen LogP contribution < -0.4 is 5.32 Å². The molecule has 0 amide bonds. The van der Waals surface area contributed by atoms with Gasteiger partial charge in [-0.15, -0.1) is 12.4 Å². The minimum absolute atomic E-state index is 0. The molecule has 0 bridgehead atoms. The second-order valence-corrected chi connectivity index (χ2v) is 7.93. The van der Waals surface area contributed by atoms with E-state index in [9.17, 15) is 0 Å². The fourth-order valence-corrected chi connectivity index (χ4v) is 3.72. The van der Waals surface area contributed by atoms with Crippen LogP contribution in [0.1, 0.15) is 61.8 Å². The molecule has 2 aliphatic rings. The zero-order chi connectivity index (χ0) is 18.5. The molecule has 3 aromatic rings. The van der Waals surface area contributed by atoms with Crippen LogP contribution in [0.4, 0.5) is 0 Å². The van der Waals surface area contributed by atoms with E-state index in [1.807, 2.05) is 0 Å². The van der Waals surface area contributed by atoms with Crippen LogP contribution in [0, 0.1) is 0 Å². The average Bonchev–Trinajstić information content (AvgIpc) is 3.24. The Morgan fingerprint density at radius 1 is 1.18 bits per heavy atom. The van der Waals surface area contributed by atoms with Crippen LogP contribution in [0.5, 0.6) is 0 Å². The van der Waals surface area contributed by atoms with Gasteiger partial charge < -0.3 is 14.4 Å². The molecule has 1 aliphatic carbocycles. The predicted octanol–water partition coefficient (Wildman–Crippen LogP) is 3.27. The van der Waals surface area contributed by atoms with Crippen LogP contribution in [-0.2, 0) is 0 Å². The van der Waals surface area contributed by atoms with Gasteiger partial charge in [-0.05, 0) is 31.9 Å². The normalized spacial score (nSPS) is 20.6. The SMILES string of the molecule is CC(C)c1noc2nc(C3CC3)cc(-c3nc(C4CNCCN4C)no3)c12.Cl. The number of halogens is 1. The Labute approximate surface area is 169 Å². The van der Waals surface area contributed by atoms with Crippen molar-refractivity contribution in [1.82, 2.24) is 30.5 Å². The van der Waals surface area contributed by atoms with E-state index < -0.39 is 0 Å². The highest BCUT2D eigenvalue weighted by molar-refractivity contribution is 5.92. The first-order valence-electron chi connectivity index (χ1n) is 9.67. The van der Waals surface area contributed by atoms with E-state index in [0.29, 0.717) is 23.3 Å². The van der Waals surface area contributed by atoms with Crippen molar-refractivity contribution in [2.24, 2.45) is 0 Å². The maximum atomic E-state index is 5.71. The smallest absolute Gasteiger partial charge is 0.259 e. The van der Waals surface area contributed by atoms with Gasteiger partial charge >= 0.3 is 0 Å². The first kappa shape index (κ1) is 19.3. The number of nitrogens with zero attached hydrogens (tertiary/aromatic N) is 5. The fraction of sp³-hybridized carbons (Fsp3) is 0.579. The molecule has 1 saturated heterocycles. The third kappa shape index (κ3) is 3.29. The molecule has 0 aromatic carbocycles. The molecule has 0 spiro atoms. The highest BCUT2D eigenvalue weighted by Crippen LogP contribution is 2.42.